The molecule has 132 valence electrons. The summed E-state index contributed by atoms with van der Waals surface area (Å²) in [7, 11) is 0. The van der Waals surface area contributed by atoms with Crippen LogP contribution in [0.4, 0.5) is 4.39 Å². The Hall–Kier alpha value is -2.28. The van der Waals surface area contributed by atoms with Gasteiger partial charge in [-0.25, -0.2) is 4.39 Å². The van der Waals surface area contributed by atoms with Crippen molar-refractivity contribution in [1.29, 1.82) is 0 Å². The lowest BCUT2D eigenvalue weighted by Crippen LogP contribution is -2.36. The quantitative estimate of drug-likeness (QED) is 0.834. The van der Waals surface area contributed by atoms with E-state index in [9.17, 15) is 9.18 Å². The van der Waals surface area contributed by atoms with Crippen molar-refractivity contribution < 1.29 is 13.9 Å². The molecule has 7 heteroatoms. The zero-order valence-corrected chi connectivity index (χ0v) is 14.0. The maximum atomic E-state index is 14.0. The van der Waals surface area contributed by atoms with Crippen LogP contribution >= 0.6 is 0 Å². The highest BCUT2D eigenvalue weighted by Crippen LogP contribution is 2.29. The summed E-state index contributed by atoms with van der Waals surface area (Å²) in [4.78, 5) is 18.2. The molecular weight excluding hydrogens is 323 g/mol. The van der Waals surface area contributed by atoms with E-state index in [1.807, 2.05) is 10.7 Å². The second-order valence-electron chi connectivity index (χ2n) is 6.89. The van der Waals surface area contributed by atoms with Crippen LogP contribution in [0, 0.1) is 17.7 Å². The van der Waals surface area contributed by atoms with E-state index in [0.717, 1.165) is 18.5 Å². The third kappa shape index (κ3) is 3.71. The zero-order valence-electron chi connectivity index (χ0n) is 14.0. The molecule has 2 aliphatic rings. The highest BCUT2D eigenvalue weighted by atomic mass is 19.1. The van der Waals surface area contributed by atoms with E-state index < -0.39 is 5.82 Å². The highest BCUT2D eigenvalue weighted by Gasteiger charge is 2.28. The van der Waals surface area contributed by atoms with Gasteiger partial charge in [-0.2, -0.15) is 5.10 Å². The van der Waals surface area contributed by atoms with E-state index in [0.29, 0.717) is 32.2 Å². The van der Waals surface area contributed by atoms with Gasteiger partial charge in [0.05, 0.1) is 30.6 Å². The average Bonchev–Trinajstić information content (AvgIpc) is 3.37. The van der Waals surface area contributed by atoms with Crippen molar-refractivity contribution >= 4 is 5.91 Å². The Morgan fingerprint density at radius 3 is 2.84 bits per heavy atom. The summed E-state index contributed by atoms with van der Waals surface area (Å²) in [5.41, 5.74) is 1.01. The van der Waals surface area contributed by atoms with Gasteiger partial charge in [0.2, 0.25) is 0 Å². The Morgan fingerprint density at radius 2 is 2.04 bits per heavy atom. The first kappa shape index (κ1) is 16.2. The molecule has 6 nitrogen and oxygen atoms in total. The number of nitrogens with zero attached hydrogens (tertiary/aromatic N) is 4. The molecule has 1 amide bonds. The highest BCUT2D eigenvalue weighted by molar-refractivity contribution is 5.94. The van der Waals surface area contributed by atoms with E-state index in [4.69, 9.17) is 4.74 Å². The monoisotopic (exact) mass is 344 g/mol. The first-order valence-electron chi connectivity index (χ1n) is 8.68. The van der Waals surface area contributed by atoms with Crippen molar-refractivity contribution in [2.75, 3.05) is 19.8 Å². The Kier molecular flexibility index (Phi) is 4.48. The predicted octanol–water partition coefficient (Wildman–Crippen LogP) is 2.12. The predicted molar refractivity (Wildman–Crippen MR) is 88.2 cm³/mol. The van der Waals surface area contributed by atoms with Gasteiger partial charge in [-0.15, -0.1) is 0 Å². The fourth-order valence-corrected chi connectivity index (χ4v) is 3.20. The Bertz CT molecular complexity index is 759. The van der Waals surface area contributed by atoms with Gasteiger partial charge in [0, 0.05) is 38.0 Å². The standard InChI is InChI=1S/C18H21FN4O2/c19-17-7-20-5-4-16(17)18(24)22-8-14(12-25-11-13-1-2-13)9-23-15(10-22)3-6-21-23/h3-7,13-14H,1-2,8-12H2/t14-/m0/s1. The summed E-state index contributed by atoms with van der Waals surface area (Å²) in [6.45, 7) is 3.01. The molecule has 0 N–H and O–H groups in total. The third-order valence-corrected chi connectivity index (χ3v) is 4.76. The van der Waals surface area contributed by atoms with Gasteiger partial charge in [-0.05, 0) is 30.9 Å². The minimum atomic E-state index is -0.591. The summed E-state index contributed by atoms with van der Waals surface area (Å²) in [5, 5.41) is 4.35. The van der Waals surface area contributed by atoms with Crippen LogP contribution in [0.2, 0.25) is 0 Å². The number of carbonyl (C=O) groups excluding carboxylic acids is 1. The summed E-state index contributed by atoms with van der Waals surface area (Å²) in [6, 6.07) is 3.33. The van der Waals surface area contributed by atoms with Crippen molar-refractivity contribution in [2.24, 2.45) is 11.8 Å². The SMILES string of the molecule is O=C(c1ccncc1F)N1Cc2ccnn2C[C@@H](COCC2CC2)C1. The number of hydrogen-bond acceptors (Lipinski definition) is 4. The third-order valence-electron chi connectivity index (χ3n) is 4.76. The lowest BCUT2D eigenvalue weighted by Gasteiger charge is -2.24. The number of aromatic nitrogens is 3. The molecule has 0 radical (unpaired) electrons. The first-order valence-corrected chi connectivity index (χ1v) is 8.68. The molecule has 2 aromatic heterocycles. The summed E-state index contributed by atoms with van der Waals surface area (Å²) < 4.78 is 21.7. The second-order valence-corrected chi connectivity index (χ2v) is 6.89. The molecular formula is C18H21FN4O2. The van der Waals surface area contributed by atoms with Gasteiger partial charge in [-0.3, -0.25) is 14.5 Å². The van der Waals surface area contributed by atoms with Gasteiger partial charge in [0.15, 0.2) is 5.82 Å². The van der Waals surface area contributed by atoms with Crippen LogP contribution in [-0.2, 0) is 17.8 Å². The molecule has 1 aliphatic carbocycles. The van der Waals surface area contributed by atoms with Crippen molar-refractivity contribution in [3.05, 3.63) is 47.8 Å². The van der Waals surface area contributed by atoms with Crippen molar-refractivity contribution in [1.82, 2.24) is 19.7 Å². The van der Waals surface area contributed by atoms with Crippen molar-refractivity contribution in [3.8, 4) is 0 Å². The number of carbonyl (C=O) groups is 1. The smallest absolute Gasteiger partial charge is 0.257 e. The largest absolute Gasteiger partial charge is 0.381 e. The van der Waals surface area contributed by atoms with Crippen LogP contribution in [0.3, 0.4) is 0 Å². The molecule has 2 aromatic rings. The molecule has 25 heavy (non-hydrogen) atoms. The van der Waals surface area contributed by atoms with Crippen molar-refractivity contribution in [3.63, 3.8) is 0 Å². The summed E-state index contributed by atoms with van der Waals surface area (Å²) in [6.07, 6.45) is 6.75. The molecule has 0 unspecified atom stereocenters. The Balaban J connectivity index is 1.51. The van der Waals surface area contributed by atoms with Crippen LogP contribution in [0.25, 0.3) is 0 Å². The molecule has 0 bridgehead atoms. The molecule has 4 rings (SSSR count). The van der Waals surface area contributed by atoms with Gasteiger partial charge in [-0.1, -0.05) is 0 Å². The summed E-state index contributed by atoms with van der Waals surface area (Å²) in [5.74, 6) is -0.0722. The van der Waals surface area contributed by atoms with E-state index in [1.165, 1.54) is 25.1 Å². The molecule has 1 aliphatic heterocycles. The number of hydrogen-bond donors (Lipinski definition) is 0. The summed E-state index contributed by atoms with van der Waals surface area (Å²) >= 11 is 0. The van der Waals surface area contributed by atoms with Gasteiger partial charge < -0.3 is 9.64 Å². The molecule has 0 aromatic carbocycles. The molecule has 1 fully saturated rings. The average molecular weight is 344 g/mol. The second kappa shape index (κ2) is 6.92. The van der Waals surface area contributed by atoms with Crippen LogP contribution in [-0.4, -0.2) is 45.3 Å². The van der Waals surface area contributed by atoms with Crippen LogP contribution < -0.4 is 0 Å². The fourth-order valence-electron chi connectivity index (χ4n) is 3.20. The molecule has 1 saturated carbocycles. The Labute approximate surface area is 145 Å². The molecule has 1 atom stereocenters. The number of amides is 1. The number of halogens is 1. The number of pyridine rings is 1. The van der Waals surface area contributed by atoms with Crippen LogP contribution in [0.1, 0.15) is 28.9 Å². The topological polar surface area (TPSA) is 60.2 Å². The van der Waals surface area contributed by atoms with E-state index in [2.05, 4.69) is 10.1 Å². The normalized spacial score (nSPS) is 20.2. The van der Waals surface area contributed by atoms with E-state index >= 15 is 0 Å². The van der Waals surface area contributed by atoms with E-state index in [1.54, 1.807) is 11.1 Å². The fraction of sp³-hybridized carbons (Fsp3) is 0.500. The maximum Gasteiger partial charge on any atom is 0.257 e. The number of fused-ring (bicyclic) bond motifs is 1. The van der Waals surface area contributed by atoms with Crippen LogP contribution in [0.15, 0.2) is 30.7 Å². The minimum absolute atomic E-state index is 0.0561. The lowest BCUT2D eigenvalue weighted by atomic mass is 10.1. The van der Waals surface area contributed by atoms with E-state index in [-0.39, 0.29) is 17.4 Å². The molecule has 0 spiro atoms. The number of ether oxygens (including phenoxy) is 1. The molecule has 0 saturated heterocycles. The number of rotatable bonds is 5. The minimum Gasteiger partial charge on any atom is -0.381 e. The maximum absolute atomic E-state index is 14.0. The lowest BCUT2D eigenvalue weighted by molar-refractivity contribution is 0.0565. The van der Waals surface area contributed by atoms with Gasteiger partial charge in [0.1, 0.15) is 0 Å². The van der Waals surface area contributed by atoms with Crippen molar-refractivity contribution in [2.45, 2.75) is 25.9 Å². The van der Waals surface area contributed by atoms with Gasteiger partial charge >= 0.3 is 0 Å². The van der Waals surface area contributed by atoms with Crippen LogP contribution in [0.5, 0.6) is 0 Å². The first-order chi connectivity index (χ1) is 12.2. The zero-order chi connectivity index (χ0) is 17.2. The molecule has 3 heterocycles. The Morgan fingerprint density at radius 1 is 1.20 bits per heavy atom. The van der Waals surface area contributed by atoms with Gasteiger partial charge in [0.25, 0.3) is 5.91 Å².